The van der Waals surface area contributed by atoms with Crippen molar-refractivity contribution in [3.63, 3.8) is 0 Å². The molecule has 1 N–H and O–H groups in total. The van der Waals surface area contributed by atoms with Crippen LogP contribution in [0.15, 0.2) is 72.8 Å². The van der Waals surface area contributed by atoms with Gasteiger partial charge in [0.2, 0.25) is 5.91 Å². The van der Waals surface area contributed by atoms with Crippen LogP contribution in [-0.2, 0) is 10.3 Å². The summed E-state index contributed by atoms with van der Waals surface area (Å²) in [6.45, 7) is 8.73. The Morgan fingerprint density at radius 3 is 2.43 bits per heavy atom. The van der Waals surface area contributed by atoms with Crippen LogP contribution in [0.1, 0.15) is 44.2 Å². The monoisotopic (exact) mass is 400 g/mol. The highest BCUT2D eigenvalue weighted by Crippen LogP contribution is 2.41. The van der Waals surface area contributed by atoms with Crippen molar-refractivity contribution in [3.05, 3.63) is 83.9 Å². The summed E-state index contributed by atoms with van der Waals surface area (Å²) in [7, 11) is 0. The van der Waals surface area contributed by atoms with Gasteiger partial charge in [-0.1, -0.05) is 79.7 Å². The largest absolute Gasteiger partial charge is 0.342 e. The van der Waals surface area contributed by atoms with E-state index in [1.807, 2.05) is 4.90 Å². The van der Waals surface area contributed by atoms with Crippen molar-refractivity contribution in [1.82, 2.24) is 10.2 Å². The van der Waals surface area contributed by atoms with Crippen LogP contribution in [0.3, 0.4) is 0 Å². The van der Waals surface area contributed by atoms with Crippen LogP contribution in [0.25, 0.3) is 10.8 Å². The lowest BCUT2D eigenvalue weighted by Gasteiger charge is -2.36. The zero-order valence-electron chi connectivity index (χ0n) is 18.3. The van der Waals surface area contributed by atoms with Crippen molar-refractivity contribution in [1.29, 1.82) is 0 Å². The standard InChI is InChI=1S/C27H32N2O/c1-4-28-27(3,26-16-10-14-21-13-8-9-15-24(21)26)17-23-18-29(20(2)30)19-25(23)22-11-6-5-7-12-22/h5-16,23,25,28H,4,17-19H2,1-3H3/t23-,25-,27-/m1/s1. The molecule has 0 aliphatic carbocycles. The Morgan fingerprint density at radius 2 is 1.70 bits per heavy atom. The van der Waals surface area contributed by atoms with E-state index in [0.29, 0.717) is 11.8 Å². The van der Waals surface area contributed by atoms with E-state index in [1.165, 1.54) is 21.9 Å². The third-order valence-electron chi connectivity index (χ3n) is 6.74. The summed E-state index contributed by atoms with van der Waals surface area (Å²) in [5, 5.41) is 6.39. The molecule has 0 bridgehead atoms. The fourth-order valence-electron chi connectivity index (χ4n) is 5.31. The van der Waals surface area contributed by atoms with Gasteiger partial charge in [0.05, 0.1) is 0 Å². The molecule has 3 atom stereocenters. The Bertz CT molecular complexity index is 1010. The fraction of sp³-hybridized carbons (Fsp3) is 0.370. The molecule has 1 aliphatic rings. The maximum absolute atomic E-state index is 12.2. The van der Waals surface area contributed by atoms with Gasteiger partial charge in [-0.25, -0.2) is 0 Å². The van der Waals surface area contributed by atoms with Gasteiger partial charge in [-0.15, -0.1) is 0 Å². The second-order valence-electron chi connectivity index (χ2n) is 8.79. The van der Waals surface area contributed by atoms with E-state index in [9.17, 15) is 4.79 Å². The summed E-state index contributed by atoms with van der Waals surface area (Å²) in [6, 6.07) is 26.0. The Morgan fingerprint density at radius 1 is 1.00 bits per heavy atom. The molecule has 1 heterocycles. The molecular formula is C27H32N2O. The highest BCUT2D eigenvalue weighted by Gasteiger charge is 2.40. The third kappa shape index (κ3) is 3.99. The lowest BCUT2D eigenvalue weighted by Crippen LogP contribution is -2.42. The van der Waals surface area contributed by atoms with Crippen molar-refractivity contribution in [3.8, 4) is 0 Å². The van der Waals surface area contributed by atoms with Gasteiger partial charge < -0.3 is 10.2 Å². The van der Waals surface area contributed by atoms with Crippen LogP contribution in [0, 0.1) is 5.92 Å². The molecule has 3 heteroatoms. The summed E-state index contributed by atoms with van der Waals surface area (Å²) in [5.41, 5.74) is 2.51. The van der Waals surface area contributed by atoms with Gasteiger partial charge in [-0.05, 0) is 47.7 Å². The Hall–Kier alpha value is -2.65. The normalized spacial score (nSPS) is 21.0. The van der Waals surface area contributed by atoms with Gasteiger partial charge in [0, 0.05) is 31.5 Å². The number of rotatable bonds is 6. The molecule has 4 rings (SSSR count). The number of hydrogen-bond donors (Lipinski definition) is 1. The SMILES string of the molecule is CCN[C@](C)(C[C@@H]1CN(C(C)=O)C[C@@H]1c1ccccc1)c1cccc2ccccc12. The molecule has 3 aromatic carbocycles. The third-order valence-corrected chi connectivity index (χ3v) is 6.74. The number of nitrogens with zero attached hydrogens (tertiary/aromatic N) is 1. The lowest BCUT2D eigenvalue weighted by atomic mass is 9.76. The molecule has 1 aliphatic heterocycles. The number of nitrogens with one attached hydrogen (secondary N) is 1. The fourth-order valence-corrected chi connectivity index (χ4v) is 5.31. The molecule has 1 amide bonds. The summed E-state index contributed by atoms with van der Waals surface area (Å²) >= 11 is 0. The second-order valence-corrected chi connectivity index (χ2v) is 8.79. The highest BCUT2D eigenvalue weighted by molar-refractivity contribution is 5.86. The molecule has 0 unspecified atom stereocenters. The van der Waals surface area contributed by atoms with Crippen molar-refractivity contribution >= 4 is 16.7 Å². The summed E-state index contributed by atoms with van der Waals surface area (Å²) in [4.78, 5) is 14.2. The van der Waals surface area contributed by atoms with Gasteiger partial charge in [0.15, 0.2) is 0 Å². The molecule has 0 saturated carbocycles. The number of benzene rings is 3. The zero-order chi connectivity index (χ0) is 21.1. The molecule has 0 spiro atoms. The molecule has 3 aromatic rings. The average molecular weight is 401 g/mol. The molecule has 0 aromatic heterocycles. The van der Waals surface area contributed by atoms with Gasteiger partial charge in [0.25, 0.3) is 0 Å². The highest BCUT2D eigenvalue weighted by atomic mass is 16.2. The summed E-state index contributed by atoms with van der Waals surface area (Å²) in [6.07, 6.45) is 0.984. The van der Waals surface area contributed by atoms with E-state index in [2.05, 4.69) is 92.0 Å². The topological polar surface area (TPSA) is 32.3 Å². The van der Waals surface area contributed by atoms with Crippen LogP contribution >= 0.6 is 0 Å². The van der Waals surface area contributed by atoms with Crippen LogP contribution < -0.4 is 5.32 Å². The van der Waals surface area contributed by atoms with Crippen molar-refractivity contribution in [2.45, 2.75) is 38.6 Å². The number of carbonyl (C=O) groups excluding carboxylic acids is 1. The van der Waals surface area contributed by atoms with Crippen LogP contribution in [0.2, 0.25) is 0 Å². The quantitative estimate of drug-likeness (QED) is 0.608. The molecule has 1 saturated heterocycles. The van der Waals surface area contributed by atoms with E-state index in [1.54, 1.807) is 6.92 Å². The Balaban J connectivity index is 1.72. The molecule has 156 valence electrons. The average Bonchev–Trinajstić information content (AvgIpc) is 3.18. The first kappa shape index (κ1) is 20.6. The first-order valence-corrected chi connectivity index (χ1v) is 11.1. The van der Waals surface area contributed by atoms with Crippen LogP contribution in [0.4, 0.5) is 0 Å². The number of hydrogen-bond acceptors (Lipinski definition) is 2. The number of amides is 1. The second kappa shape index (κ2) is 8.61. The van der Waals surface area contributed by atoms with E-state index in [4.69, 9.17) is 0 Å². The minimum Gasteiger partial charge on any atom is -0.342 e. The minimum absolute atomic E-state index is 0.167. The number of likely N-dealkylation sites (tertiary alicyclic amines) is 1. The molecule has 0 radical (unpaired) electrons. The zero-order valence-corrected chi connectivity index (χ0v) is 18.3. The smallest absolute Gasteiger partial charge is 0.219 e. The van der Waals surface area contributed by atoms with Gasteiger partial charge in [0.1, 0.15) is 0 Å². The maximum Gasteiger partial charge on any atom is 0.219 e. The lowest BCUT2D eigenvalue weighted by molar-refractivity contribution is -0.128. The Labute approximate surface area is 180 Å². The van der Waals surface area contributed by atoms with Gasteiger partial charge in [-0.2, -0.15) is 0 Å². The molecular weight excluding hydrogens is 368 g/mol. The van der Waals surface area contributed by atoms with E-state index in [0.717, 1.165) is 26.1 Å². The number of carbonyl (C=O) groups is 1. The predicted molar refractivity (Wildman–Crippen MR) is 125 cm³/mol. The van der Waals surface area contributed by atoms with Gasteiger partial charge in [-0.3, -0.25) is 4.79 Å². The van der Waals surface area contributed by atoms with Crippen molar-refractivity contribution < 1.29 is 4.79 Å². The van der Waals surface area contributed by atoms with E-state index in [-0.39, 0.29) is 11.4 Å². The van der Waals surface area contributed by atoms with Gasteiger partial charge >= 0.3 is 0 Å². The minimum atomic E-state index is -0.167. The van der Waals surface area contributed by atoms with Crippen molar-refractivity contribution in [2.75, 3.05) is 19.6 Å². The molecule has 30 heavy (non-hydrogen) atoms. The first-order chi connectivity index (χ1) is 14.5. The first-order valence-electron chi connectivity index (χ1n) is 11.1. The maximum atomic E-state index is 12.2. The number of fused-ring (bicyclic) bond motifs is 1. The molecule has 1 fully saturated rings. The predicted octanol–water partition coefficient (Wildman–Crippen LogP) is 5.32. The van der Waals surface area contributed by atoms with Crippen LogP contribution in [-0.4, -0.2) is 30.4 Å². The van der Waals surface area contributed by atoms with Crippen molar-refractivity contribution in [2.24, 2.45) is 5.92 Å². The van der Waals surface area contributed by atoms with Crippen LogP contribution in [0.5, 0.6) is 0 Å². The summed E-state index contributed by atoms with van der Waals surface area (Å²) in [5.74, 6) is 0.941. The summed E-state index contributed by atoms with van der Waals surface area (Å²) < 4.78 is 0. The molecule has 3 nitrogen and oxygen atoms in total. The van der Waals surface area contributed by atoms with E-state index >= 15 is 0 Å². The van der Waals surface area contributed by atoms with E-state index < -0.39 is 0 Å². The Kier molecular flexibility index (Phi) is 5.92.